The Morgan fingerprint density at radius 1 is 1.57 bits per heavy atom. The van der Waals surface area contributed by atoms with Gasteiger partial charge in [-0.05, 0) is 17.7 Å². The number of hydrogen-bond donors (Lipinski definition) is 2. The summed E-state index contributed by atoms with van der Waals surface area (Å²) >= 11 is 0. The van der Waals surface area contributed by atoms with Crippen molar-refractivity contribution < 1.29 is 4.42 Å². The highest BCUT2D eigenvalue weighted by atomic mass is 16.4. The molecule has 74 valence electrons. The number of hydrogen-bond acceptors (Lipinski definition) is 4. The summed E-state index contributed by atoms with van der Waals surface area (Å²) in [4.78, 5) is 11.2. The maximum absolute atomic E-state index is 11.2. The number of fused-ring (bicyclic) bond motifs is 1. The molecule has 0 saturated heterocycles. The number of nitrogens with zero attached hydrogens (tertiary/aromatic N) is 1. The van der Waals surface area contributed by atoms with E-state index in [2.05, 4.69) is 5.43 Å². The maximum atomic E-state index is 11.2. The number of nitrogens with one attached hydrogen (secondary N) is 1. The van der Waals surface area contributed by atoms with E-state index in [1.165, 1.54) is 4.57 Å². The zero-order valence-electron chi connectivity index (χ0n) is 7.78. The Kier molecular flexibility index (Phi) is 2.11. The van der Waals surface area contributed by atoms with Crippen molar-refractivity contribution in [3.63, 3.8) is 0 Å². The Bertz CT molecular complexity index is 512. The summed E-state index contributed by atoms with van der Waals surface area (Å²) in [6.07, 6.45) is 0. The summed E-state index contributed by atoms with van der Waals surface area (Å²) in [6, 6.07) is 5.54. The average molecular weight is 193 g/mol. The molecule has 0 aliphatic carbocycles. The lowest BCUT2D eigenvalue weighted by Gasteiger charge is -1.98. The number of benzene rings is 1. The van der Waals surface area contributed by atoms with Gasteiger partial charge in [-0.1, -0.05) is 6.07 Å². The molecule has 2 rings (SSSR count). The predicted octanol–water partition coefficient (Wildman–Crippen LogP) is 0.0948. The summed E-state index contributed by atoms with van der Waals surface area (Å²) in [6.45, 7) is 0.550. The first kappa shape index (κ1) is 8.98. The second kappa shape index (κ2) is 3.28. The molecule has 0 spiro atoms. The van der Waals surface area contributed by atoms with Crippen LogP contribution in [0.5, 0.6) is 0 Å². The highest BCUT2D eigenvalue weighted by Crippen LogP contribution is 2.13. The van der Waals surface area contributed by atoms with Crippen LogP contribution in [0.2, 0.25) is 0 Å². The van der Waals surface area contributed by atoms with Crippen molar-refractivity contribution in [2.45, 2.75) is 6.54 Å². The van der Waals surface area contributed by atoms with Crippen molar-refractivity contribution in [3.8, 4) is 0 Å². The molecule has 1 heterocycles. The van der Waals surface area contributed by atoms with Gasteiger partial charge in [-0.3, -0.25) is 15.8 Å². The fraction of sp³-hybridized carbons (Fsp3) is 0.222. The zero-order valence-corrected chi connectivity index (χ0v) is 7.78. The quantitative estimate of drug-likeness (QED) is 0.524. The van der Waals surface area contributed by atoms with Gasteiger partial charge in [0, 0.05) is 13.6 Å². The molecule has 5 heteroatoms. The van der Waals surface area contributed by atoms with Crippen molar-refractivity contribution in [3.05, 3.63) is 34.3 Å². The minimum Gasteiger partial charge on any atom is -0.408 e. The molecule has 0 unspecified atom stereocenters. The molecule has 0 radical (unpaired) electrons. The van der Waals surface area contributed by atoms with E-state index in [0.717, 1.165) is 11.1 Å². The molecule has 0 bridgehead atoms. The third-order valence-corrected chi connectivity index (χ3v) is 2.16. The smallest absolute Gasteiger partial charge is 0.408 e. The molecule has 0 aliphatic heterocycles. The highest BCUT2D eigenvalue weighted by Gasteiger charge is 2.05. The molecular formula is C9H11N3O2. The van der Waals surface area contributed by atoms with E-state index in [-0.39, 0.29) is 5.76 Å². The van der Waals surface area contributed by atoms with Gasteiger partial charge in [-0.15, -0.1) is 0 Å². The van der Waals surface area contributed by atoms with E-state index in [1.54, 1.807) is 13.1 Å². The molecule has 0 saturated carbocycles. The Labute approximate surface area is 80.1 Å². The van der Waals surface area contributed by atoms with Gasteiger partial charge in [-0.2, -0.15) is 0 Å². The van der Waals surface area contributed by atoms with Gasteiger partial charge in [0.15, 0.2) is 5.58 Å². The van der Waals surface area contributed by atoms with Crippen LogP contribution in [0.15, 0.2) is 27.4 Å². The first-order chi connectivity index (χ1) is 6.72. The van der Waals surface area contributed by atoms with Gasteiger partial charge in [0.25, 0.3) is 0 Å². The van der Waals surface area contributed by atoms with Crippen LogP contribution in [0, 0.1) is 0 Å². The van der Waals surface area contributed by atoms with Crippen LogP contribution < -0.4 is 17.0 Å². The van der Waals surface area contributed by atoms with E-state index in [9.17, 15) is 4.79 Å². The minimum atomic E-state index is -0.349. The monoisotopic (exact) mass is 193 g/mol. The summed E-state index contributed by atoms with van der Waals surface area (Å²) < 4.78 is 6.49. The van der Waals surface area contributed by atoms with E-state index in [0.29, 0.717) is 12.1 Å². The Morgan fingerprint density at radius 3 is 3.07 bits per heavy atom. The Balaban J connectivity index is 2.61. The number of hydrazine groups is 1. The van der Waals surface area contributed by atoms with E-state index < -0.39 is 0 Å². The molecule has 0 fully saturated rings. The average Bonchev–Trinajstić information content (AvgIpc) is 2.43. The SMILES string of the molecule is Cn1c(=O)oc2cc(CNN)ccc21. The molecular weight excluding hydrogens is 182 g/mol. The highest BCUT2D eigenvalue weighted by molar-refractivity contribution is 5.73. The first-order valence-electron chi connectivity index (χ1n) is 4.24. The van der Waals surface area contributed by atoms with Crippen molar-refractivity contribution >= 4 is 11.1 Å². The Hall–Kier alpha value is -1.59. The second-order valence-electron chi connectivity index (χ2n) is 3.11. The summed E-state index contributed by atoms with van der Waals surface area (Å²) in [5, 5.41) is 0. The molecule has 2 aromatic rings. The lowest BCUT2D eigenvalue weighted by atomic mass is 10.2. The maximum Gasteiger partial charge on any atom is 0.419 e. The van der Waals surface area contributed by atoms with Crippen LogP contribution in [-0.2, 0) is 13.6 Å². The summed E-state index contributed by atoms with van der Waals surface area (Å²) in [7, 11) is 1.68. The normalized spacial score (nSPS) is 11.0. The third-order valence-electron chi connectivity index (χ3n) is 2.16. The summed E-state index contributed by atoms with van der Waals surface area (Å²) in [5.74, 6) is 4.84. The predicted molar refractivity (Wildman–Crippen MR) is 52.5 cm³/mol. The van der Waals surface area contributed by atoms with Gasteiger partial charge in [0.05, 0.1) is 5.52 Å². The van der Waals surface area contributed by atoms with Crippen LogP contribution in [0.1, 0.15) is 5.56 Å². The Morgan fingerprint density at radius 2 is 2.36 bits per heavy atom. The minimum absolute atomic E-state index is 0.349. The summed E-state index contributed by atoms with van der Waals surface area (Å²) in [5.41, 5.74) is 4.90. The topological polar surface area (TPSA) is 73.2 Å². The van der Waals surface area contributed by atoms with Gasteiger partial charge in [0.2, 0.25) is 0 Å². The van der Waals surface area contributed by atoms with Crippen LogP contribution in [-0.4, -0.2) is 4.57 Å². The zero-order chi connectivity index (χ0) is 10.1. The van der Waals surface area contributed by atoms with Crippen molar-refractivity contribution in [2.75, 3.05) is 0 Å². The second-order valence-corrected chi connectivity index (χ2v) is 3.11. The number of oxazole rings is 1. The van der Waals surface area contributed by atoms with E-state index in [4.69, 9.17) is 10.3 Å². The molecule has 1 aromatic heterocycles. The van der Waals surface area contributed by atoms with Crippen LogP contribution >= 0.6 is 0 Å². The van der Waals surface area contributed by atoms with Crippen LogP contribution in [0.4, 0.5) is 0 Å². The van der Waals surface area contributed by atoms with Crippen molar-refractivity contribution in [1.82, 2.24) is 9.99 Å². The van der Waals surface area contributed by atoms with E-state index >= 15 is 0 Å². The van der Waals surface area contributed by atoms with Crippen LogP contribution in [0.3, 0.4) is 0 Å². The standard InChI is InChI=1S/C9H11N3O2/c1-12-7-3-2-6(5-11-10)4-8(7)14-9(12)13/h2-4,11H,5,10H2,1H3. The number of rotatable bonds is 2. The molecule has 0 amide bonds. The largest absolute Gasteiger partial charge is 0.419 e. The number of aromatic nitrogens is 1. The first-order valence-corrected chi connectivity index (χ1v) is 4.24. The van der Waals surface area contributed by atoms with E-state index in [1.807, 2.05) is 12.1 Å². The molecule has 14 heavy (non-hydrogen) atoms. The van der Waals surface area contributed by atoms with Gasteiger partial charge < -0.3 is 4.42 Å². The molecule has 0 atom stereocenters. The fourth-order valence-corrected chi connectivity index (χ4v) is 1.41. The molecule has 0 aliphatic rings. The lowest BCUT2D eigenvalue weighted by molar-refractivity contribution is 0.527. The van der Waals surface area contributed by atoms with Gasteiger partial charge in [0.1, 0.15) is 0 Å². The number of nitrogens with two attached hydrogens (primary N) is 1. The van der Waals surface area contributed by atoms with Crippen molar-refractivity contribution in [1.29, 1.82) is 0 Å². The third kappa shape index (κ3) is 1.32. The lowest BCUT2D eigenvalue weighted by Crippen LogP contribution is -2.20. The molecule has 3 N–H and O–H groups in total. The fourth-order valence-electron chi connectivity index (χ4n) is 1.41. The van der Waals surface area contributed by atoms with Crippen LogP contribution in [0.25, 0.3) is 11.1 Å². The molecule has 1 aromatic carbocycles. The van der Waals surface area contributed by atoms with Crippen molar-refractivity contribution in [2.24, 2.45) is 12.9 Å². The van der Waals surface area contributed by atoms with Gasteiger partial charge in [-0.25, -0.2) is 4.79 Å². The number of aryl methyl sites for hydroxylation is 1. The van der Waals surface area contributed by atoms with Gasteiger partial charge >= 0.3 is 5.76 Å². The molecule has 5 nitrogen and oxygen atoms in total.